The van der Waals surface area contributed by atoms with Crippen LogP contribution in [-0.4, -0.2) is 61.9 Å². The molecule has 0 unspecified atom stereocenters. The number of halogens is 1. The van der Waals surface area contributed by atoms with E-state index in [4.69, 9.17) is 0 Å². The lowest BCUT2D eigenvalue weighted by atomic mass is 10.2. The maximum absolute atomic E-state index is 12.9. The molecule has 0 N–H and O–H groups in total. The Bertz CT molecular complexity index is 907. The molecule has 1 aliphatic heterocycles. The van der Waals surface area contributed by atoms with Crippen molar-refractivity contribution in [2.75, 3.05) is 38.5 Å². The minimum atomic E-state index is -3.54. The fraction of sp³-hybridized carbons (Fsp3) is 0.350. The molecule has 5 nitrogen and oxygen atoms in total. The molecule has 150 valence electrons. The van der Waals surface area contributed by atoms with Crippen molar-refractivity contribution >= 4 is 27.6 Å². The molecule has 3 rings (SSSR count). The zero-order valence-corrected chi connectivity index (χ0v) is 17.3. The lowest BCUT2D eigenvalue weighted by Crippen LogP contribution is -2.49. The van der Waals surface area contributed by atoms with Crippen LogP contribution in [0.4, 0.5) is 4.39 Å². The lowest BCUT2D eigenvalue weighted by Gasteiger charge is -2.33. The van der Waals surface area contributed by atoms with Crippen LogP contribution in [0.2, 0.25) is 0 Å². The molecular weight excluding hydrogens is 399 g/mol. The number of nitrogens with zero attached hydrogens (tertiary/aromatic N) is 2. The molecule has 0 saturated carbocycles. The van der Waals surface area contributed by atoms with Crippen LogP contribution < -0.4 is 0 Å². The number of carbonyl (C=O) groups excluding carboxylic acids is 1. The van der Waals surface area contributed by atoms with E-state index in [1.807, 2.05) is 0 Å². The number of benzene rings is 2. The topological polar surface area (TPSA) is 57.7 Å². The molecule has 1 fully saturated rings. The third-order valence-electron chi connectivity index (χ3n) is 4.72. The van der Waals surface area contributed by atoms with E-state index >= 15 is 0 Å². The summed E-state index contributed by atoms with van der Waals surface area (Å²) in [7, 11) is -3.54. The second-order valence-corrected chi connectivity index (χ2v) is 9.73. The standard InChI is InChI=1S/C20H23FN2O3S2/c1-16(24)17-2-8-20(9-3-17)28(25,26)23-12-10-22(11-13-23)14-15-27-19-6-4-18(21)5-7-19/h2-9H,10-15H2,1H3. The second-order valence-electron chi connectivity index (χ2n) is 6.63. The third-order valence-corrected chi connectivity index (χ3v) is 7.62. The molecule has 0 amide bonds. The van der Waals surface area contributed by atoms with Gasteiger partial charge in [0.25, 0.3) is 0 Å². The smallest absolute Gasteiger partial charge is 0.243 e. The van der Waals surface area contributed by atoms with Gasteiger partial charge in [0.2, 0.25) is 10.0 Å². The van der Waals surface area contributed by atoms with E-state index in [2.05, 4.69) is 4.90 Å². The second kappa shape index (κ2) is 9.17. The summed E-state index contributed by atoms with van der Waals surface area (Å²) in [6.45, 7) is 4.54. The Hall–Kier alpha value is -1.74. The van der Waals surface area contributed by atoms with E-state index in [1.54, 1.807) is 36.0 Å². The van der Waals surface area contributed by atoms with Crippen LogP contribution in [0, 0.1) is 5.82 Å². The molecular formula is C20H23FN2O3S2. The van der Waals surface area contributed by atoms with Crippen molar-refractivity contribution in [3.8, 4) is 0 Å². The van der Waals surface area contributed by atoms with E-state index in [-0.39, 0.29) is 16.5 Å². The van der Waals surface area contributed by atoms with Crippen molar-refractivity contribution in [2.45, 2.75) is 16.7 Å². The summed E-state index contributed by atoms with van der Waals surface area (Å²) in [5.41, 5.74) is 0.502. The van der Waals surface area contributed by atoms with E-state index in [9.17, 15) is 17.6 Å². The minimum absolute atomic E-state index is 0.0870. The summed E-state index contributed by atoms with van der Waals surface area (Å²) >= 11 is 1.66. The molecule has 0 aromatic heterocycles. The van der Waals surface area contributed by atoms with Gasteiger partial charge in [0, 0.05) is 48.9 Å². The van der Waals surface area contributed by atoms with Gasteiger partial charge in [-0.1, -0.05) is 12.1 Å². The molecule has 0 radical (unpaired) electrons. The maximum Gasteiger partial charge on any atom is 0.243 e. The van der Waals surface area contributed by atoms with Crippen molar-refractivity contribution in [1.82, 2.24) is 9.21 Å². The lowest BCUT2D eigenvalue weighted by molar-refractivity contribution is 0.101. The molecule has 0 spiro atoms. The fourth-order valence-electron chi connectivity index (χ4n) is 3.03. The molecule has 0 aliphatic carbocycles. The number of hydrogen-bond acceptors (Lipinski definition) is 5. The number of rotatable bonds is 7. The molecule has 2 aromatic carbocycles. The average molecular weight is 423 g/mol. The number of sulfonamides is 1. The zero-order chi connectivity index (χ0) is 20.1. The Morgan fingerprint density at radius 3 is 2.18 bits per heavy atom. The highest BCUT2D eigenvalue weighted by Crippen LogP contribution is 2.20. The van der Waals surface area contributed by atoms with E-state index in [0.29, 0.717) is 31.7 Å². The van der Waals surface area contributed by atoms with Crippen LogP contribution in [0.1, 0.15) is 17.3 Å². The number of piperazine rings is 1. The van der Waals surface area contributed by atoms with E-state index in [0.717, 1.165) is 17.2 Å². The Kier molecular flexibility index (Phi) is 6.87. The highest BCUT2D eigenvalue weighted by molar-refractivity contribution is 7.99. The maximum atomic E-state index is 12.9. The van der Waals surface area contributed by atoms with Gasteiger partial charge in [-0.2, -0.15) is 4.31 Å². The van der Waals surface area contributed by atoms with E-state index in [1.165, 1.54) is 35.5 Å². The average Bonchev–Trinajstić information content (AvgIpc) is 2.70. The monoisotopic (exact) mass is 422 g/mol. The van der Waals surface area contributed by atoms with Gasteiger partial charge in [-0.3, -0.25) is 9.69 Å². The molecule has 2 aromatic rings. The molecule has 1 heterocycles. The first-order valence-corrected chi connectivity index (χ1v) is 11.5. The molecule has 28 heavy (non-hydrogen) atoms. The predicted molar refractivity (Wildman–Crippen MR) is 109 cm³/mol. The molecule has 0 bridgehead atoms. The summed E-state index contributed by atoms with van der Waals surface area (Å²) in [5, 5.41) is 0. The zero-order valence-electron chi connectivity index (χ0n) is 15.7. The molecule has 1 aliphatic rings. The Morgan fingerprint density at radius 2 is 1.61 bits per heavy atom. The van der Waals surface area contributed by atoms with Crippen molar-refractivity contribution in [3.63, 3.8) is 0 Å². The van der Waals surface area contributed by atoms with Gasteiger partial charge in [-0.15, -0.1) is 11.8 Å². The first kappa shape index (κ1) is 21.0. The van der Waals surface area contributed by atoms with Gasteiger partial charge < -0.3 is 0 Å². The normalized spacial score (nSPS) is 16.2. The van der Waals surface area contributed by atoms with Crippen LogP contribution in [0.25, 0.3) is 0 Å². The van der Waals surface area contributed by atoms with Gasteiger partial charge in [0.1, 0.15) is 5.82 Å². The highest BCUT2D eigenvalue weighted by Gasteiger charge is 2.28. The van der Waals surface area contributed by atoms with Gasteiger partial charge in [0.15, 0.2) is 5.78 Å². The summed E-state index contributed by atoms with van der Waals surface area (Å²) < 4.78 is 40.0. The van der Waals surface area contributed by atoms with Gasteiger partial charge >= 0.3 is 0 Å². The first-order chi connectivity index (χ1) is 13.4. The first-order valence-electron chi connectivity index (χ1n) is 9.08. The highest BCUT2D eigenvalue weighted by atomic mass is 32.2. The van der Waals surface area contributed by atoms with Crippen LogP contribution in [-0.2, 0) is 10.0 Å². The van der Waals surface area contributed by atoms with Gasteiger partial charge in [-0.05, 0) is 43.3 Å². The molecule has 1 saturated heterocycles. The van der Waals surface area contributed by atoms with Crippen molar-refractivity contribution < 1.29 is 17.6 Å². The largest absolute Gasteiger partial charge is 0.300 e. The summed E-state index contributed by atoms with van der Waals surface area (Å²) in [5.74, 6) is 0.541. The predicted octanol–water partition coefficient (Wildman–Crippen LogP) is 3.13. The third kappa shape index (κ3) is 5.20. The number of hydrogen-bond donors (Lipinski definition) is 0. The summed E-state index contributed by atoms with van der Waals surface area (Å²) in [4.78, 5) is 14.8. The van der Waals surface area contributed by atoms with Crippen molar-refractivity contribution in [1.29, 1.82) is 0 Å². The quantitative estimate of drug-likeness (QED) is 0.507. The Labute approximate surface area is 169 Å². The van der Waals surface area contributed by atoms with Crippen LogP contribution in [0.5, 0.6) is 0 Å². The number of Topliss-reactive ketones (excluding diaryl/α,β-unsaturated/α-hetero) is 1. The van der Waals surface area contributed by atoms with Crippen LogP contribution in [0.15, 0.2) is 58.3 Å². The number of carbonyl (C=O) groups is 1. The van der Waals surface area contributed by atoms with Crippen molar-refractivity contribution in [3.05, 3.63) is 59.9 Å². The summed E-state index contributed by atoms with van der Waals surface area (Å²) in [6.07, 6.45) is 0. The van der Waals surface area contributed by atoms with Crippen LogP contribution in [0.3, 0.4) is 0 Å². The Morgan fingerprint density at radius 1 is 1.00 bits per heavy atom. The number of thioether (sulfide) groups is 1. The molecule has 8 heteroatoms. The van der Waals surface area contributed by atoms with Crippen molar-refractivity contribution in [2.24, 2.45) is 0 Å². The SMILES string of the molecule is CC(=O)c1ccc(S(=O)(=O)N2CCN(CCSc3ccc(F)cc3)CC2)cc1. The number of ketones is 1. The van der Waals surface area contributed by atoms with Crippen LogP contribution >= 0.6 is 11.8 Å². The fourth-order valence-corrected chi connectivity index (χ4v) is 5.36. The minimum Gasteiger partial charge on any atom is -0.300 e. The van der Waals surface area contributed by atoms with Gasteiger partial charge in [-0.25, -0.2) is 12.8 Å². The Balaban J connectivity index is 1.49. The van der Waals surface area contributed by atoms with E-state index < -0.39 is 10.0 Å². The summed E-state index contributed by atoms with van der Waals surface area (Å²) in [6, 6.07) is 12.5. The molecule has 0 atom stereocenters. The van der Waals surface area contributed by atoms with Gasteiger partial charge in [0.05, 0.1) is 4.90 Å².